The highest BCUT2D eigenvalue weighted by Gasteiger charge is 2.37. The smallest absolute Gasteiger partial charge is 0.159 e. The summed E-state index contributed by atoms with van der Waals surface area (Å²) >= 11 is 0. The number of rotatable bonds is 3. The lowest BCUT2D eigenvalue weighted by atomic mass is 9.82. The molecule has 200 valence electrons. The van der Waals surface area contributed by atoms with Gasteiger partial charge in [-0.15, -0.1) is 0 Å². The average molecular weight is 542 g/mol. The lowest BCUT2D eigenvalue weighted by Crippen LogP contribution is -2.14. The number of nitrogens with zero attached hydrogens (tertiary/aromatic N) is 1. The summed E-state index contributed by atoms with van der Waals surface area (Å²) in [6, 6.07) is 44.8. The molecular weight excluding hydrogens is 514 g/mol. The van der Waals surface area contributed by atoms with Crippen molar-refractivity contribution in [3.63, 3.8) is 0 Å². The molecule has 0 saturated carbocycles. The quantitative estimate of drug-likeness (QED) is 0.223. The molecule has 3 heteroatoms. The molecule has 2 heterocycles. The lowest BCUT2D eigenvalue weighted by molar-refractivity contribution is 0.653. The van der Waals surface area contributed by atoms with Crippen LogP contribution in [0.5, 0.6) is 0 Å². The fourth-order valence-corrected chi connectivity index (χ4v) is 7.10. The van der Waals surface area contributed by atoms with Crippen molar-refractivity contribution in [3.05, 3.63) is 139 Å². The molecule has 0 aliphatic heterocycles. The predicted octanol–water partition coefficient (Wildman–Crippen LogP) is 11.3. The van der Waals surface area contributed by atoms with E-state index in [9.17, 15) is 0 Å². The van der Waals surface area contributed by atoms with Crippen LogP contribution in [0.25, 0.3) is 55.0 Å². The number of hydrogen-bond acceptors (Lipinski definition) is 3. The van der Waals surface area contributed by atoms with Crippen LogP contribution in [0, 0.1) is 0 Å². The Hall–Kier alpha value is -5.28. The molecule has 6 aromatic carbocycles. The van der Waals surface area contributed by atoms with E-state index >= 15 is 0 Å². The van der Waals surface area contributed by atoms with Gasteiger partial charge in [-0.05, 0) is 59.2 Å². The first-order valence-electron chi connectivity index (χ1n) is 14.5. The van der Waals surface area contributed by atoms with Gasteiger partial charge in [-0.1, -0.05) is 98.8 Å². The van der Waals surface area contributed by atoms with E-state index in [1.807, 2.05) is 12.1 Å². The predicted molar refractivity (Wildman–Crippen MR) is 173 cm³/mol. The molecule has 0 N–H and O–H groups in total. The lowest BCUT2D eigenvalue weighted by Gasteiger charge is -2.25. The minimum Gasteiger partial charge on any atom is -0.455 e. The Kier molecular flexibility index (Phi) is 4.67. The van der Waals surface area contributed by atoms with Gasteiger partial charge in [-0.2, -0.15) is 0 Å². The molecule has 3 nitrogen and oxygen atoms in total. The Labute approximate surface area is 243 Å². The van der Waals surface area contributed by atoms with Crippen molar-refractivity contribution >= 4 is 60.9 Å². The molecule has 1 aliphatic carbocycles. The van der Waals surface area contributed by atoms with E-state index in [2.05, 4.69) is 134 Å². The summed E-state index contributed by atoms with van der Waals surface area (Å²) in [7, 11) is 0. The zero-order chi connectivity index (χ0) is 28.0. The maximum absolute atomic E-state index is 6.92. The van der Waals surface area contributed by atoms with E-state index in [1.165, 1.54) is 22.3 Å². The fraction of sp³-hybridized carbons (Fsp3) is 0.0769. The molecule has 0 bridgehead atoms. The van der Waals surface area contributed by atoms with Gasteiger partial charge in [-0.25, -0.2) is 0 Å². The van der Waals surface area contributed by atoms with Gasteiger partial charge in [0.15, 0.2) is 5.58 Å². The van der Waals surface area contributed by atoms with Crippen LogP contribution in [0.4, 0.5) is 17.1 Å². The summed E-state index contributed by atoms with van der Waals surface area (Å²) in [4.78, 5) is 2.26. The van der Waals surface area contributed by atoms with Crippen LogP contribution < -0.4 is 4.90 Å². The van der Waals surface area contributed by atoms with Gasteiger partial charge in [0.05, 0.1) is 11.1 Å². The maximum atomic E-state index is 6.92. The van der Waals surface area contributed by atoms with E-state index in [-0.39, 0.29) is 5.41 Å². The average Bonchev–Trinajstić information content (AvgIpc) is 3.67. The van der Waals surface area contributed by atoms with Crippen molar-refractivity contribution in [3.8, 4) is 11.1 Å². The molecule has 0 atom stereocenters. The number of fused-ring (bicyclic) bond motifs is 11. The molecule has 0 amide bonds. The molecule has 2 aromatic heterocycles. The van der Waals surface area contributed by atoms with Crippen LogP contribution in [-0.4, -0.2) is 0 Å². The largest absolute Gasteiger partial charge is 0.455 e. The topological polar surface area (TPSA) is 29.5 Å². The molecule has 1 aliphatic rings. The molecule has 9 rings (SSSR count). The van der Waals surface area contributed by atoms with Crippen molar-refractivity contribution in [2.45, 2.75) is 19.3 Å². The number of furan rings is 2. The summed E-state index contributed by atoms with van der Waals surface area (Å²) < 4.78 is 13.6. The third-order valence-electron chi connectivity index (χ3n) is 9.06. The van der Waals surface area contributed by atoms with E-state index in [0.29, 0.717) is 0 Å². The van der Waals surface area contributed by atoms with Crippen LogP contribution in [0.2, 0.25) is 0 Å². The fourth-order valence-electron chi connectivity index (χ4n) is 7.10. The van der Waals surface area contributed by atoms with Crippen molar-refractivity contribution in [1.29, 1.82) is 0 Å². The Morgan fingerprint density at radius 2 is 1.17 bits per heavy atom. The zero-order valence-corrected chi connectivity index (χ0v) is 23.4. The number of para-hydroxylation sites is 3. The van der Waals surface area contributed by atoms with Gasteiger partial charge in [0, 0.05) is 38.5 Å². The van der Waals surface area contributed by atoms with Crippen molar-refractivity contribution in [2.75, 3.05) is 4.90 Å². The molecule has 8 aromatic rings. The van der Waals surface area contributed by atoms with Gasteiger partial charge in [0.1, 0.15) is 16.7 Å². The van der Waals surface area contributed by atoms with E-state index in [1.54, 1.807) is 0 Å². The Bertz CT molecular complexity index is 2280. The molecule has 0 saturated heterocycles. The second-order valence-corrected chi connectivity index (χ2v) is 11.7. The minimum atomic E-state index is -0.0794. The van der Waals surface area contributed by atoms with Gasteiger partial charge >= 0.3 is 0 Å². The highest BCUT2D eigenvalue weighted by Crippen LogP contribution is 2.53. The summed E-state index contributed by atoms with van der Waals surface area (Å²) in [6.45, 7) is 4.61. The van der Waals surface area contributed by atoms with E-state index in [0.717, 1.165) is 60.9 Å². The second-order valence-electron chi connectivity index (χ2n) is 11.7. The SMILES string of the molecule is CC1(C)c2ccccc2-c2c1ccc1c2oc2c1ccc1oc3c(N(c4ccccc4)c4ccccc4)cccc3c12. The third-order valence-corrected chi connectivity index (χ3v) is 9.06. The highest BCUT2D eigenvalue weighted by atomic mass is 16.3. The minimum absolute atomic E-state index is 0.0794. The van der Waals surface area contributed by atoms with Gasteiger partial charge in [0.25, 0.3) is 0 Å². The Morgan fingerprint density at radius 1 is 0.500 bits per heavy atom. The summed E-state index contributed by atoms with van der Waals surface area (Å²) in [6.07, 6.45) is 0. The maximum Gasteiger partial charge on any atom is 0.159 e. The molecule has 0 fully saturated rings. The first-order valence-corrected chi connectivity index (χ1v) is 14.5. The summed E-state index contributed by atoms with van der Waals surface area (Å²) in [5.41, 5.74) is 11.7. The summed E-state index contributed by atoms with van der Waals surface area (Å²) in [5.74, 6) is 0. The van der Waals surface area contributed by atoms with Crippen LogP contribution >= 0.6 is 0 Å². The number of hydrogen-bond donors (Lipinski definition) is 0. The molecule has 42 heavy (non-hydrogen) atoms. The first-order chi connectivity index (χ1) is 20.6. The van der Waals surface area contributed by atoms with Gasteiger partial charge in [-0.3, -0.25) is 0 Å². The highest BCUT2D eigenvalue weighted by molar-refractivity contribution is 6.24. The van der Waals surface area contributed by atoms with Crippen molar-refractivity contribution < 1.29 is 8.83 Å². The third kappa shape index (κ3) is 3.05. The Balaban J connectivity index is 1.35. The van der Waals surface area contributed by atoms with Crippen LogP contribution in [0.3, 0.4) is 0 Å². The molecular formula is C39H27NO2. The van der Waals surface area contributed by atoms with Gasteiger partial charge in [0.2, 0.25) is 0 Å². The first kappa shape index (κ1) is 23.4. The number of benzene rings is 6. The van der Waals surface area contributed by atoms with Crippen LogP contribution in [0.15, 0.2) is 136 Å². The van der Waals surface area contributed by atoms with Crippen molar-refractivity contribution in [2.24, 2.45) is 0 Å². The molecule has 0 radical (unpaired) electrons. The zero-order valence-electron chi connectivity index (χ0n) is 23.4. The molecule has 0 unspecified atom stereocenters. The van der Waals surface area contributed by atoms with Crippen LogP contribution in [-0.2, 0) is 5.41 Å². The standard InChI is InChI=1S/C39H27NO2/c1-39(2)30-18-10-9-16-28(30)34-31(39)22-20-26-27-21-23-33-35(38(27)42-37(26)34)29-17-11-19-32(36(29)41-33)40(24-12-5-3-6-13-24)25-14-7-4-8-15-25/h3-23H,1-2H3. The Morgan fingerprint density at radius 3 is 1.93 bits per heavy atom. The second kappa shape index (κ2) is 8.37. The number of anilines is 3. The summed E-state index contributed by atoms with van der Waals surface area (Å²) in [5, 5.41) is 4.31. The normalized spacial score (nSPS) is 13.7. The molecule has 0 spiro atoms. The van der Waals surface area contributed by atoms with E-state index in [4.69, 9.17) is 8.83 Å². The van der Waals surface area contributed by atoms with E-state index < -0.39 is 0 Å². The van der Waals surface area contributed by atoms with Crippen LogP contribution in [0.1, 0.15) is 25.0 Å². The van der Waals surface area contributed by atoms with Crippen molar-refractivity contribution in [1.82, 2.24) is 0 Å². The van der Waals surface area contributed by atoms with Gasteiger partial charge < -0.3 is 13.7 Å². The monoisotopic (exact) mass is 541 g/mol.